The molecule has 2 aromatic rings. The Balaban J connectivity index is 1.94. The third-order valence-corrected chi connectivity index (χ3v) is 9.89. The summed E-state index contributed by atoms with van der Waals surface area (Å²) in [6.45, 7) is 12.1. The monoisotopic (exact) mass is 467 g/mol. The fourth-order valence-electron chi connectivity index (χ4n) is 3.85. The molecule has 2 heterocycles. The summed E-state index contributed by atoms with van der Waals surface area (Å²) in [6, 6.07) is 7.26. The van der Waals surface area contributed by atoms with Gasteiger partial charge in [-0.1, -0.05) is 53.7 Å². The van der Waals surface area contributed by atoms with Gasteiger partial charge in [0.2, 0.25) is 10.0 Å². The van der Waals surface area contributed by atoms with Crippen LogP contribution in [0.15, 0.2) is 39.8 Å². The number of nitrogens with zero attached hydrogens (tertiary/aromatic N) is 1. The lowest BCUT2D eigenvalue weighted by Crippen LogP contribution is -2.57. The lowest BCUT2D eigenvalue weighted by Gasteiger charge is -2.38. The molecule has 0 aliphatic carbocycles. The van der Waals surface area contributed by atoms with E-state index in [1.807, 2.05) is 39.8 Å². The van der Waals surface area contributed by atoms with Gasteiger partial charge in [0.05, 0.1) is 16.4 Å². The van der Waals surface area contributed by atoms with E-state index in [9.17, 15) is 16.8 Å². The zero-order valence-corrected chi connectivity index (χ0v) is 20.8. The van der Waals surface area contributed by atoms with Crippen molar-refractivity contribution in [1.82, 2.24) is 4.31 Å². The Morgan fingerprint density at radius 2 is 1.48 bits per heavy atom. The van der Waals surface area contributed by atoms with E-state index >= 15 is 0 Å². The van der Waals surface area contributed by atoms with Crippen molar-refractivity contribution in [2.45, 2.75) is 75.2 Å². The number of sulfonamides is 1. The van der Waals surface area contributed by atoms with E-state index in [1.54, 1.807) is 12.1 Å². The fraction of sp³-hybridized carbons (Fsp3) is 0.565. The van der Waals surface area contributed by atoms with Crippen LogP contribution < -0.4 is 0 Å². The summed E-state index contributed by atoms with van der Waals surface area (Å²) in [4.78, 5) is 0.351. The Hall–Kier alpha value is -1.64. The third kappa shape index (κ3) is 4.76. The smallest absolute Gasteiger partial charge is 0.243 e. The molecular formula is C23H33NO5S2. The van der Waals surface area contributed by atoms with Crippen molar-refractivity contribution in [3.63, 3.8) is 0 Å². The normalized spacial score (nSPS) is 16.4. The van der Waals surface area contributed by atoms with Gasteiger partial charge in [0.1, 0.15) is 11.5 Å². The quantitative estimate of drug-likeness (QED) is 0.565. The summed E-state index contributed by atoms with van der Waals surface area (Å²) in [6.07, 6.45) is 1.43. The van der Waals surface area contributed by atoms with Gasteiger partial charge in [0.15, 0.2) is 9.84 Å². The predicted octanol–water partition coefficient (Wildman–Crippen LogP) is 4.64. The van der Waals surface area contributed by atoms with Crippen LogP contribution in [-0.2, 0) is 25.6 Å². The van der Waals surface area contributed by atoms with E-state index in [0.717, 1.165) is 16.7 Å². The highest BCUT2D eigenvalue weighted by atomic mass is 32.2. The van der Waals surface area contributed by atoms with Crippen LogP contribution in [0.3, 0.4) is 0 Å². The SMILES string of the molecule is CC(C)c1cc(C(C)C)c(S(=O)(=O)N2CC(S(=O)(=O)Cc3ccco3)C2)c(C(C)C)c1. The minimum absolute atomic E-state index is 0.0215. The van der Waals surface area contributed by atoms with Gasteiger partial charge in [-0.05, 0) is 46.6 Å². The second kappa shape index (κ2) is 8.71. The zero-order valence-electron chi connectivity index (χ0n) is 19.1. The third-order valence-electron chi connectivity index (χ3n) is 5.92. The van der Waals surface area contributed by atoms with Crippen molar-refractivity contribution in [1.29, 1.82) is 0 Å². The Kier molecular flexibility index (Phi) is 6.75. The van der Waals surface area contributed by atoms with Gasteiger partial charge in [0, 0.05) is 13.1 Å². The van der Waals surface area contributed by atoms with Crippen LogP contribution in [0.2, 0.25) is 0 Å². The number of rotatable bonds is 8. The molecule has 0 bridgehead atoms. The minimum Gasteiger partial charge on any atom is -0.468 e. The van der Waals surface area contributed by atoms with E-state index in [4.69, 9.17) is 4.42 Å². The molecule has 31 heavy (non-hydrogen) atoms. The predicted molar refractivity (Wildman–Crippen MR) is 123 cm³/mol. The molecule has 0 atom stereocenters. The average Bonchev–Trinajstić information content (AvgIpc) is 3.10. The molecule has 0 saturated carbocycles. The van der Waals surface area contributed by atoms with E-state index in [0.29, 0.717) is 10.7 Å². The molecule has 0 spiro atoms. The fourth-order valence-corrected chi connectivity index (χ4v) is 7.85. The number of hydrogen-bond acceptors (Lipinski definition) is 5. The van der Waals surface area contributed by atoms with Crippen LogP contribution in [0.1, 0.15) is 81.7 Å². The van der Waals surface area contributed by atoms with Gasteiger partial charge in [-0.15, -0.1) is 0 Å². The lowest BCUT2D eigenvalue weighted by atomic mass is 9.89. The van der Waals surface area contributed by atoms with Gasteiger partial charge in [-0.25, -0.2) is 16.8 Å². The van der Waals surface area contributed by atoms with E-state index < -0.39 is 25.1 Å². The molecule has 6 nitrogen and oxygen atoms in total. The minimum atomic E-state index is -3.81. The average molecular weight is 468 g/mol. The number of hydrogen-bond donors (Lipinski definition) is 0. The molecule has 1 aromatic heterocycles. The Morgan fingerprint density at radius 1 is 0.935 bits per heavy atom. The summed E-state index contributed by atoms with van der Waals surface area (Å²) >= 11 is 0. The van der Waals surface area contributed by atoms with E-state index in [1.165, 1.54) is 10.6 Å². The molecule has 8 heteroatoms. The highest BCUT2D eigenvalue weighted by molar-refractivity contribution is 7.92. The largest absolute Gasteiger partial charge is 0.468 e. The first-order valence-corrected chi connectivity index (χ1v) is 13.9. The van der Waals surface area contributed by atoms with E-state index in [2.05, 4.69) is 13.8 Å². The van der Waals surface area contributed by atoms with Gasteiger partial charge in [-0.3, -0.25) is 0 Å². The summed E-state index contributed by atoms with van der Waals surface area (Å²) in [7, 11) is -7.30. The van der Waals surface area contributed by atoms with Crippen molar-refractivity contribution in [3.8, 4) is 0 Å². The molecular weight excluding hydrogens is 434 g/mol. The topological polar surface area (TPSA) is 84.7 Å². The van der Waals surface area contributed by atoms with Crippen LogP contribution in [-0.4, -0.2) is 39.5 Å². The Labute approximate surface area is 186 Å². The number of benzene rings is 1. The molecule has 0 amide bonds. The van der Waals surface area contributed by atoms with Crippen molar-refractivity contribution in [2.24, 2.45) is 0 Å². The van der Waals surface area contributed by atoms with Crippen molar-refractivity contribution in [2.75, 3.05) is 13.1 Å². The summed E-state index contributed by atoms with van der Waals surface area (Å²) < 4.78 is 59.1. The molecule has 0 unspecified atom stereocenters. The first-order valence-electron chi connectivity index (χ1n) is 10.8. The first-order chi connectivity index (χ1) is 14.3. The van der Waals surface area contributed by atoms with Crippen molar-refractivity contribution >= 4 is 19.9 Å². The van der Waals surface area contributed by atoms with Gasteiger partial charge >= 0.3 is 0 Å². The molecule has 172 valence electrons. The highest BCUT2D eigenvalue weighted by Crippen LogP contribution is 2.38. The Bertz CT molecular complexity index is 1100. The number of sulfone groups is 1. The lowest BCUT2D eigenvalue weighted by molar-refractivity contribution is 0.308. The molecule has 1 aliphatic rings. The molecule has 1 saturated heterocycles. The van der Waals surface area contributed by atoms with Crippen LogP contribution in [0, 0.1) is 0 Å². The second-order valence-electron chi connectivity index (χ2n) is 9.32. The van der Waals surface area contributed by atoms with Gasteiger partial charge in [-0.2, -0.15) is 4.31 Å². The molecule has 0 radical (unpaired) electrons. The maximum absolute atomic E-state index is 13.6. The standard InChI is InChI=1S/C23H33NO5S2/c1-15(2)18-10-21(16(3)4)23(22(11-18)17(5)6)31(27,28)24-12-20(13-24)30(25,26)14-19-8-7-9-29-19/h7-11,15-17,20H,12-14H2,1-6H3. The maximum Gasteiger partial charge on any atom is 0.243 e. The summed E-state index contributed by atoms with van der Waals surface area (Å²) in [5.41, 5.74) is 2.72. The summed E-state index contributed by atoms with van der Waals surface area (Å²) in [5.74, 6) is 0.499. The van der Waals surface area contributed by atoms with E-state index in [-0.39, 0.29) is 36.6 Å². The molecule has 0 N–H and O–H groups in total. The molecule has 1 aliphatic heterocycles. The zero-order chi connectivity index (χ0) is 23.1. The van der Waals surface area contributed by atoms with Crippen LogP contribution in [0.5, 0.6) is 0 Å². The number of furan rings is 1. The van der Waals surface area contributed by atoms with Crippen LogP contribution in [0.4, 0.5) is 0 Å². The van der Waals surface area contributed by atoms with Gasteiger partial charge < -0.3 is 4.42 Å². The molecule has 1 aromatic carbocycles. The Morgan fingerprint density at radius 3 is 1.90 bits per heavy atom. The summed E-state index contributed by atoms with van der Waals surface area (Å²) in [5, 5.41) is -0.715. The molecule has 1 fully saturated rings. The highest BCUT2D eigenvalue weighted by Gasteiger charge is 2.45. The second-order valence-corrected chi connectivity index (χ2v) is 13.5. The maximum atomic E-state index is 13.6. The van der Waals surface area contributed by atoms with Crippen molar-refractivity contribution in [3.05, 3.63) is 53.0 Å². The van der Waals surface area contributed by atoms with Crippen molar-refractivity contribution < 1.29 is 21.3 Å². The molecule has 3 rings (SSSR count). The van der Waals surface area contributed by atoms with Crippen LogP contribution in [0.25, 0.3) is 0 Å². The van der Waals surface area contributed by atoms with Gasteiger partial charge in [0.25, 0.3) is 0 Å². The van der Waals surface area contributed by atoms with Crippen LogP contribution >= 0.6 is 0 Å². The first kappa shape index (κ1) is 24.0.